The van der Waals surface area contributed by atoms with Crippen molar-refractivity contribution < 1.29 is 9.59 Å². The van der Waals surface area contributed by atoms with Gasteiger partial charge in [0.25, 0.3) is 0 Å². The average molecular weight is 338 g/mol. The molecule has 0 spiro atoms. The lowest BCUT2D eigenvalue weighted by molar-refractivity contribution is -0.108. The minimum Gasteiger partial charge on any atom is -0.302 e. The molecule has 0 amide bonds. The van der Waals surface area contributed by atoms with Crippen molar-refractivity contribution >= 4 is 39.6 Å². The highest BCUT2D eigenvalue weighted by Crippen LogP contribution is 2.22. The van der Waals surface area contributed by atoms with Crippen molar-refractivity contribution in [3.8, 4) is 0 Å². The fourth-order valence-electron chi connectivity index (χ4n) is 1.76. The summed E-state index contributed by atoms with van der Waals surface area (Å²) in [5.41, 5.74) is 1.16. The number of ketones is 1. The van der Waals surface area contributed by atoms with E-state index in [9.17, 15) is 9.59 Å². The average Bonchev–Trinajstić information content (AvgIpc) is 2.42. The second-order valence-electron chi connectivity index (χ2n) is 4.04. The molecule has 19 heavy (non-hydrogen) atoms. The van der Waals surface area contributed by atoms with Crippen molar-refractivity contribution in [3.05, 3.63) is 69.2 Å². The van der Waals surface area contributed by atoms with Crippen LogP contribution in [0.5, 0.6) is 0 Å². The fourth-order valence-corrected chi connectivity index (χ4v) is 2.15. The van der Waals surface area contributed by atoms with E-state index >= 15 is 0 Å². The topological polar surface area (TPSA) is 34.1 Å². The Morgan fingerprint density at radius 1 is 1.05 bits per heavy atom. The van der Waals surface area contributed by atoms with Crippen LogP contribution >= 0.6 is 27.5 Å². The Balaban J connectivity index is 2.31. The molecule has 0 heterocycles. The summed E-state index contributed by atoms with van der Waals surface area (Å²) in [6, 6.07) is 13.7. The lowest BCUT2D eigenvalue weighted by Crippen LogP contribution is -2.14. The molecule has 0 bridgehead atoms. The van der Waals surface area contributed by atoms with E-state index in [-0.39, 0.29) is 5.78 Å². The molecule has 2 nitrogen and oxygen atoms in total. The minimum atomic E-state index is -0.793. The molecule has 0 N–H and O–H groups in total. The quantitative estimate of drug-likeness (QED) is 0.474. The third-order valence-electron chi connectivity index (χ3n) is 2.78. The molecular formula is C15H10BrClO2. The molecule has 4 heteroatoms. The van der Waals surface area contributed by atoms with Crippen molar-refractivity contribution in [3.63, 3.8) is 0 Å². The molecule has 2 aromatic rings. The molecule has 0 aliphatic heterocycles. The number of benzene rings is 2. The Hall–Kier alpha value is -1.45. The summed E-state index contributed by atoms with van der Waals surface area (Å²) in [5, 5.41) is 0.574. The SMILES string of the molecule is O=CC(C(=O)c1ccc(Br)cc1)c1ccc(Cl)cc1. The summed E-state index contributed by atoms with van der Waals surface area (Å²) in [7, 11) is 0. The predicted octanol–water partition coefficient (Wildman–Crippen LogP) is 4.27. The fraction of sp³-hybridized carbons (Fsp3) is 0.0667. The number of Topliss-reactive ketones (excluding diaryl/α,β-unsaturated/α-hetero) is 1. The van der Waals surface area contributed by atoms with Gasteiger partial charge in [0.2, 0.25) is 0 Å². The maximum Gasteiger partial charge on any atom is 0.177 e. The summed E-state index contributed by atoms with van der Waals surface area (Å²) in [6.07, 6.45) is 0.660. The molecule has 1 unspecified atom stereocenters. The van der Waals surface area contributed by atoms with Gasteiger partial charge in [-0.1, -0.05) is 51.8 Å². The van der Waals surface area contributed by atoms with Crippen molar-refractivity contribution in [1.82, 2.24) is 0 Å². The van der Waals surface area contributed by atoms with Crippen LogP contribution < -0.4 is 0 Å². The Morgan fingerprint density at radius 3 is 2.16 bits per heavy atom. The van der Waals surface area contributed by atoms with Gasteiger partial charge in [0, 0.05) is 15.1 Å². The molecule has 0 aromatic heterocycles. The van der Waals surface area contributed by atoms with Gasteiger partial charge < -0.3 is 4.79 Å². The van der Waals surface area contributed by atoms with E-state index < -0.39 is 5.92 Å². The van der Waals surface area contributed by atoms with Crippen LogP contribution in [0.3, 0.4) is 0 Å². The second kappa shape index (κ2) is 6.13. The van der Waals surface area contributed by atoms with Gasteiger partial charge in [0.1, 0.15) is 12.2 Å². The molecule has 96 valence electrons. The largest absolute Gasteiger partial charge is 0.302 e. The highest BCUT2D eigenvalue weighted by Gasteiger charge is 2.21. The van der Waals surface area contributed by atoms with E-state index in [4.69, 9.17) is 11.6 Å². The zero-order valence-corrected chi connectivity index (χ0v) is 12.2. The predicted molar refractivity (Wildman–Crippen MR) is 78.7 cm³/mol. The first-order valence-electron chi connectivity index (χ1n) is 5.62. The molecule has 0 radical (unpaired) electrons. The van der Waals surface area contributed by atoms with Crippen LogP contribution in [0, 0.1) is 0 Å². The summed E-state index contributed by atoms with van der Waals surface area (Å²) >= 11 is 9.10. The van der Waals surface area contributed by atoms with Crippen LogP contribution in [0.4, 0.5) is 0 Å². The number of halogens is 2. The smallest absolute Gasteiger partial charge is 0.177 e. The standard InChI is InChI=1S/C15H10BrClO2/c16-12-5-1-11(2-6-12)15(19)14(9-18)10-3-7-13(17)8-4-10/h1-9,14H. The third-order valence-corrected chi connectivity index (χ3v) is 3.56. The third kappa shape index (κ3) is 3.31. The first-order valence-corrected chi connectivity index (χ1v) is 6.79. The van der Waals surface area contributed by atoms with E-state index in [1.165, 1.54) is 0 Å². The molecule has 0 saturated heterocycles. The highest BCUT2D eigenvalue weighted by molar-refractivity contribution is 9.10. The van der Waals surface area contributed by atoms with E-state index in [1.807, 2.05) is 0 Å². The first-order chi connectivity index (χ1) is 9.11. The van der Waals surface area contributed by atoms with Crippen LogP contribution in [0.2, 0.25) is 5.02 Å². The van der Waals surface area contributed by atoms with Gasteiger partial charge in [-0.3, -0.25) is 4.79 Å². The Bertz CT molecular complexity index is 591. The number of aldehydes is 1. The highest BCUT2D eigenvalue weighted by atomic mass is 79.9. The summed E-state index contributed by atoms with van der Waals surface area (Å²) in [5.74, 6) is -1.01. The van der Waals surface area contributed by atoms with E-state index in [1.54, 1.807) is 48.5 Å². The van der Waals surface area contributed by atoms with Crippen LogP contribution in [0.1, 0.15) is 21.8 Å². The van der Waals surface area contributed by atoms with Crippen LogP contribution in [-0.4, -0.2) is 12.1 Å². The number of rotatable bonds is 4. The van der Waals surface area contributed by atoms with E-state index in [2.05, 4.69) is 15.9 Å². The molecule has 0 saturated carbocycles. The number of carbonyl (C=O) groups excluding carboxylic acids is 2. The van der Waals surface area contributed by atoms with Crippen LogP contribution in [-0.2, 0) is 4.79 Å². The van der Waals surface area contributed by atoms with Gasteiger partial charge in [-0.25, -0.2) is 0 Å². The van der Waals surface area contributed by atoms with Gasteiger partial charge in [-0.2, -0.15) is 0 Å². The van der Waals surface area contributed by atoms with Gasteiger partial charge >= 0.3 is 0 Å². The van der Waals surface area contributed by atoms with Crippen LogP contribution in [0.25, 0.3) is 0 Å². The van der Waals surface area contributed by atoms with Crippen LogP contribution in [0.15, 0.2) is 53.0 Å². The van der Waals surface area contributed by atoms with Crippen molar-refractivity contribution in [2.45, 2.75) is 5.92 Å². The van der Waals surface area contributed by atoms with Crippen molar-refractivity contribution in [2.75, 3.05) is 0 Å². The number of carbonyl (C=O) groups is 2. The normalized spacial score (nSPS) is 11.9. The molecule has 2 aromatic carbocycles. The summed E-state index contributed by atoms with van der Waals surface area (Å²) in [6.45, 7) is 0. The Kier molecular flexibility index (Phi) is 4.51. The van der Waals surface area contributed by atoms with E-state index in [0.717, 1.165) is 4.47 Å². The van der Waals surface area contributed by atoms with Crippen molar-refractivity contribution in [2.24, 2.45) is 0 Å². The molecular weight excluding hydrogens is 328 g/mol. The van der Waals surface area contributed by atoms with Gasteiger partial charge in [0.05, 0.1) is 0 Å². The summed E-state index contributed by atoms with van der Waals surface area (Å²) in [4.78, 5) is 23.5. The lowest BCUT2D eigenvalue weighted by atomic mass is 9.92. The monoisotopic (exact) mass is 336 g/mol. The molecule has 1 atom stereocenters. The zero-order chi connectivity index (χ0) is 13.8. The second-order valence-corrected chi connectivity index (χ2v) is 5.39. The molecule has 2 rings (SSSR count). The molecule has 0 fully saturated rings. The molecule has 0 aliphatic rings. The van der Waals surface area contributed by atoms with Gasteiger partial charge in [0.15, 0.2) is 5.78 Å². The Labute approximate surface area is 124 Å². The lowest BCUT2D eigenvalue weighted by Gasteiger charge is -2.10. The van der Waals surface area contributed by atoms with Gasteiger partial charge in [-0.05, 0) is 29.8 Å². The zero-order valence-electron chi connectivity index (χ0n) is 9.85. The van der Waals surface area contributed by atoms with Gasteiger partial charge in [-0.15, -0.1) is 0 Å². The number of hydrogen-bond acceptors (Lipinski definition) is 2. The van der Waals surface area contributed by atoms with Crippen molar-refractivity contribution in [1.29, 1.82) is 0 Å². The number of hydrogen-bond donors (Lipinski definition) is 0. The maximum atomic E-state index is 12.3. The molecule has 0 aliphatic carbocycles. The first kappa shape index (κ1) is 14.0. The summed E-state index contributed by atoms with van der Waals surface area (Å²) < 4.78 is 0.887. The minimum absolute atomic E-state index is 0.218. The Morgan fingerprint density at radius 2 is 1.63 bits per heavy atom. The van der Waals surface area contributed by atoms with E-state index in [0.29, 0.717) is 22.4 Å². The maximum absolute atomic E-state index is 12.3.